The first-order valence-corrected chi connectivity index (χ1v) is 7.98. The van der Waals surface area contributed by atoms with Crippen molar-refractivity contribution in [3.05, 3.63) is 69.3 Å². The quantitative estimate of drug-likeness (QED) is 0.527. The number of rotatable bonds is 3. The van der Waals surface area contributed by atoms with E-state index in [4.69, 9.17) is 46.4 Å². The SMILES string of the molecule is O=C(Cl)c1cc(-c2ccc(Cl)cc2)n(-c2ccc(Cl)cc2Cl)n1. The Kier molecular flexibility index (Phi) is 4.64. The molecule has 3 nitrogen and oxygen atoms in total. The van der Waals surface area contributed by atoms with E-state index in [1.807, 2.05) is 12.1 Å². The van der Waals surface area contributed by atoms with Crippen LogP contribution in [0.5, 0.6) is 0 Å². The summed E-state index contributed by atoms with van der Waals surface area (Å²) in [5, 5.41) is 5.12. The molecule has 116 valence electrons. The fourth-order valence-corrected chi connectivity index (χ4v) is 2.85. The van der Waals surface area contributed by atoms with Crippen molar-refractivity contribution in [2.24, 2.45) is 0 Å². The summed E-state index contributed by atoms with van der Waals surface area (Å²) in [7, 11) is 0. The second-order valence-corrected chi connectivity index (χ2v) is 6.33. The van der Waals surface area contributed by atoms with Gasteiger partial charge in [-0.15, -0.1) is 0 Å². The van der Waals surface area contributed by atoms with Crippen LogP contribution in [0.2, 0.25) is 15.1 Å². The van der Waals surface area contributed by atoms with Crippen molar-refractivity contribution in [2.45, 2.75) is 0 Å². The number of hydrogen-bond donors (Lipinski definition) is 0. The van der Waals surface area contributed by atoms with Crippen LogP contribution in [-0.2, 0) is 0 Å². The molecule has 0 aliphatic carbocycles. The molecular weight excluding hydrogens is 378 g/mol. The lowest BCUT2D eigenvalue weighted by molar-refractivity contribution is 0.107. The molecule has 0 atom stereocenters. The van der Waals surface area contributed by atoms with Gasteiger partial charge in [0, 0.05) is 15.6 Å². The van der Waals surface area contributed by atoms with E-state index in [2.05, 4.69) is 5.10 Å². The van der Waals surface area contributed by atoms with Crippen LogP contribution >= 0.6 is 46.4 Å². The maximum Gasteiger partial charge on any atom is 0.272 e. The maximum absolute atomic E-state index is 11.5. The van der Waals surface area contributed by atoms with E-state index >= 15 is 0 Å². The number of aromatic nitrogens is 2. The summed E-state index contributed by atoms with van der Waals surface area (Å²) in [6, 6.07) is 13.8. The Morgan fingerprint density at radius 1 is 0.913 bits per heavy atom. The molecule has 1 aromatic heterocycles. The zero-order valence-electron chi connectivity index (χ0n) is 11.4. The highest BCUT2D eigenvalue weighted by Crippen LogP contribution is 2.30. The Morgan fingerprint density at radius 2 is 1.57 bits per heavy atom. The first-order chi connectivity index (χ1) is 11.0. The van der Waals surface area contributed by atoms with Crippen LogP contribution < -0.4 is 0 Å². The van der Waals surface area contributed by atoms with Crippen molar-refractivity contribution in [3.63, 3.8) is 0 Å². The summed E-state index contributed by atoms with van der Waals surface area (Å²) in [6.45, 7) is 0. The molecule has 0 saturated carbocycles. The van der Waals surface area contributed by atoms with Crippen LogP contribution in [0.3, 0.4) is 0 Å². The molecule has 0 spiro atoms. The summed E-state index contributed by atoms with van der Waals surface area (Å²) < 4.78 is 1.55. The lowest BCUT2D eigenvalue weighted by Crippen LogP contribution is -2.01. The summed E-state index contributed by atoms with van der Waals surface area (Å²) in [5.41, 5.74) is 2.19. The topological polar surface area (TPSA) is 34.9 Å². The minimum absolute atomic E-state index is 0.127. The predicted octanol–water partition coefficient (Wildman–Crippen LogP) is 5.88. The Hall–Kier alpha value is -1.52. The number of hydrogen-bond acceptors (Lipinski definition) is 2. The average molecular weight is 386 g/mol. The summed E-state index contributed by atoms with van der Waals surface area (Å²) in [6.07, 6.45) is 0. The number of halogens is 4. The first-order valence-electron chi connectivity index (χ1n) is 6.47. The van der Waals surface area contributed by atoms with E-state index in [1.54, 1.807) is 41.1 Å². The molecule has 0 bridgehead atoms. The highest BCUT2D eigenvalue weighted by molar-refractivity contribution is 6.67. The summed E-state index contributed by atoms with van der Waals surface area (Å²) >= 11 is 23.7. The Balaban J connectivity index is 2.22. The Morgan fingerprint density at radius 3 is 2.17 bits per heavy atom. The van der Waals surface area contributed by atoms with Gasteiger partial charge in [0.1, 0.15) is 5.69 Å². The predicted molar refractivity (Wildman–Crippen MR) is 94.2 cm³/mol. The van der Waals surface area contributed by atoms with Crippen LogP contribution in [0, 0.1) is 0 Å². The van der Waals surface area contributed by atoms with Gasteiger partial charge in [-0.25, -0.2) is 4.68 Å². The van der Waals surface area contributed by atoms with Gasteiger partial charge in [0.25, 0.3) is 5.24 Å². The van der Waals surface area contributed by atoms with E-state index in [0.717, 1.165) is 5.56 Å². The average Bonchev–Trinajstić information content (AvgIpc) is 2.93. The molecule has 1 heterocycles. The van der Waals surface area contributed by atoms with Crippen molar-refractivity contribution in [1.82, 2.24) is 9.78 Å². The molecule has 0 saturated heterocycles. The maximum atomic E-state index is 11.5. The van der Waals surface area contributed by atoms with Gasteiger partial charge in [0.05, 0.1) is 16.4 Å². The third-order valence-corrected chi connectivity index (χ3v) is 4.17. The molecule has 0 aliphatic rings. The molecule has 23 heavy (non-hydrogen) atoms. The van der Waals surface area contributed by atoms with Gasteiger partial charge in [0.15, 0.2) is 0 Å². The molecule has 3 aromatic rings. The molecule has 0 N–H and O–H groups in total. The van der Waals surface area contributed by atoms with Crippen molar-refractivity contribution < 1.29 is 4.79 Å². The van der Waals surface area contributed by atoms with Gasteiger partial charge in [-0.05, 0) is 48.0 Å². The number of carbonyl (C=O) groups is 1. The molecule has 3 rings (SSSR count). The zero-order chi connectivity index (χ0) is 16.6. The number of nitrogens with zero attached hydrogens (tertiary/aromatic N) is 2. The smallest absolute Gasteiger partial charge is 0.272 e. The van der Waals surface area contributed by atoms with Crippen LogP contribution in [0.25, 0.3) is 16.9 Å². The minimum Gasteiger partial charge on any atom is -0.274 e. The molecule has 0 amide bonds. The second kappa shape index (κ2) is 6.54. The molecule has 0 unspecified atom stereocenters. The van der Waals surface area contributed by atoms with Crippen molar-refractivity contribution in [2.75, 3.05) is 0 Å². The van der Waals surface area contributed by atoms with E-state index < -0.39 is 5.24 Å². The molecule has 7 heteroatoms. The zero-order valence-corrected chi connectivity index (χ0v) is 14.5. The van der Waals surface area contributed by atoms with Crippen LogP contribution in [0.4, 0.5) is 0 Å². The van der Waals surface area contributed by atoms with E-state index in [1.165, 1.54) is 0 Å². The normalized spacial score (nSPS) is 10.8. The summed E-state index contributed by atoms with van der Waals surface area (Å²) in [4.78, 5) is 11.5. The van der Waals surface area contributed by atoms with Gasteiger partial charge in [0.2, 0.25) is 0 Å². The van der Waals surface area contributed by atoms with Gasteiger partial charge in [-0.3, -0.25) is 4.79 Å². The highest BCUT2D eigenvalue weighted by Gasteiger charge is 2.17. The van der Waals surface area contributed by atoms with E-state index in [0.29, 0.717) is 26.4 Å². The number of carbonyl (C=O) groups excluding carboxylic acids is 1. The van der Waals surface area contributed by atoms with Crippen LogP contribution in [0.1, 0.15) is 10.5 Å². The minimum atomic E-state index is -0.649. The molecule has 2 aromatic carbocycles. The lowest BCUT2D eigenvalue weighted by atomic mass is 10.1. The van der Waals surface area contributed by atoms with E-state index in [-0.39, 0.29) is 5.69 Å². The van der Waals surface area contributed by atoms with Crippen molar-refractivity contribution in [3.8, 4) is 16.9 Å². The third kappa shape index (κ3) is 3.38. The van der Waals surface area contributed by atoms with Gasteiger partial charge in [-0.2, -0.15) is 5.10 Å². The Labute approximate surface area is 152 Å². The second-order valence-electron chi connectivity index (χ2n) is 4.70. The van der Waals surface area contributed by atoms with Crippen molar-refractivity contribution >= 4 is 51.6 Å². The van der Waals surface area contributed by atoms with Crippen LogP contribution in [0.15, 0.2) is 48.5 Å². The number of benzene rings is 2. The molecular formula is C16H8Cl4N2O. The molecule has 0 radical (unpaired) electrons. The summed E-state index contributed by atoms with van der Waals surface area (Å²) in [5.74, 6) is 0. The third-order valence-electron chi connectivity index (χ3n) is 3.19. The lowest BCUT2D eigenvalue weighted by Gasteiger charge is -2.09. The standard InChI is InChI=1S/C16H8Cl4N2O/c17-10-3-1-9(2-4-10)15-8-13(16(20)23)21-22(15)14-6-5-11(18)7-12(14)19/h1-8H. The highest BCUT2D eigenvalue weighted by atomic mass is 35.5. The fraction of sp³-hybridized carbons (Fsp3) is 0. The first kappa shape index (κ1) is 16.3. The van der Waals surface area contributed by atoms with Crippen LogP contribution in [-0.4, -0.2) is 15.0 Å². The van der Waals surface area contributed by atoms with Gasteiger partial charge < -0.3 is 0 Å². The van der Waals surface area contributed by atoms with Gasteiger partial charge >= 0.3 is 0 Å². The molecule has 0 fully saturated rings. The Bertz CT molecular complexity index is 888. The van der Waals surface area contributed by atoms with E-state index in [9.17, 15) is 4.79 Å². The molecule has 0 aliphatic heterocycles. The monoisotopic (exact) mass is 384 g/mol. The largest absolute Gasteiger partial charge is 0.274 e. The van der Waals surface area contributed by atoms with Crippen molar-refractivity contribution in [1.29, 1.82) is 0 Å². The van der Waals surface area contributed by atoms with Gasteiger partial charge in [-0.1, -0.05) is 46.9 Å². The fourth-order valence-electron chi connectivity index (χ4n) is 2.14.